The van der Waals surface area contributed by atoms with E-state index in [0.717, 1.165) is 5.69 Å². The Hall–Kier alpha value is -2.74. The molecule has 0 aromatic heterocycles. The molecule has 1 fully saturated rings. The van der Waals surface area contributed by atoms with Gasteiger partial charge in [-0.25, -0.2) is 4.79 Å². The van der Waals surface area contributed by atoms with Crippen LogP contribution in [0.5, 0.6) is 5.75 Å². The number of morpholine rings is 1. The first-order valence-corrected chi connectivity index (χ1v) is 8.70. The molecule has 0 unspecified atom stereocenters. The highest BCUT2D eigenvalue weighted by atomic mass is 16.5. The van der Waals surface area contributed by atoms with E-state index in [0.29, 0.717) is 43.4 Å². The van der Waals surface area contributed by atoms with Gasteiger partial charge in [-0.05, 0) is 32.9 Å². The zero-order valence-electron chi connectivity index (χ0n) is 16.2. The number of hydrogen-bond donors (Lipinski definition) is 2. The van der Waals surface area contributed by atoms with Gasteiger partial charge in [0.1, 0.15) is 5.75 Å². The van der Waals surface area contributed by atoms with Gasteiger partial charge >= 0.3 is 6.09 Å². The van der Waals surface area contributed by atoms with E-state index in [1.54, 1.807) is 32.9 Å². The van der Waals surface area contributed by atoms with E-state index in [2.05, 4.69) is 16.8 Å². The van der Waals surface area contributed by atoms with E-state index in [1.807, 2.05) is 0 Å². The van der Waals surface area contributed by atoms with Gasteiger partial charge in [-0.1, -0.05) is 6.58 Å². The molecule has 27 heavy (non-hydrogen) atoms. The number of amides is 2. The molecule has 2 rings (SSSR count). The summed E-state index contributed by atoms with van der Waals surface area (Å²) in [6.45, 7) is 11.3. The van der Waals surface area contributed by atoms with Crippen molar-refractivity contribution in [1.29, 1.82) is 0 Å². The summed E-state index contributed by atoms with van der Waals surface area (Å²) in [6.07, 6.45) is 0.0621. The van der Waals surface area contributed by atoms with Crippen molar-refractivity contribution in [3.05, 3.63) is 24.8 Å². The molecule has 1 heterocycles. The molecule has 0 atom stereocenters. The van der Waals surface area contributed by atoms with Crippen LogP contribution in [0.15, 0.2) is 24.8 Å². The number of carbonyl (C=O) groups excluding carboxylic acids is 1. The van der Waals surface area contributed by atoms with E-state index < -0.39 is 11.6 Å². The van der Waals surface area contributed by atoms with Gasteiger partial charge in [0.2, 0.25) is 5.91 Å². The number of methoxy groups -OCH3 is 1. The van der Waals surface area contributed by atoms with E-state index in [-0.39, 0.29) is 5.91 Å². The number of carbonyl (C=O) groups is 2. The number of hydrogen-bond acceptors (Lipinski definition) is 5. The predicted octanol–water partition coefficient (Wildman–Crippen LogP) is 2.94. The zero-order chi connectivity index (χ0) is 20.2. The first-order chi connectivity index (χ1) is 12.7. The highest BCUT2D eigenvalue weighted by Gasteiger charge is 2.32. The highest BCUT2D eigenvalue weighted by Crippen LogP contribution is 2.41. The smallest absolute Gasteiger partial charge is 0.412 e. The molecule has 0 radical (unpaired) electrons. The fourth-order valence-electron chi connectivity index (χ4n) is 3.00. The molecular weight excluding hydrogens is 350 g/mol. The van der Waals surface area contributed by atoms with Crippen molar-refractivity contribution in [2.24, 2.45) is 0 Å². The first-order valence-electron chi connectivity index (χ1n) is 8.70. The molecule has 1 aliphatic heterocycles. The van der Waals surface area contributed by atoms with Crippen LogP contribution in [0.25, 0.3) is 0 Å². The molecule has 1 aromatic rings. The number of carboxylic acid groups (broad SMARTS) is 1. The summed E-state index contributed by atoms with van der Waals surface area (Å²) in [5, 5.41) is 12.5. The Morgan fingerprint density at radius 2 is 1.96 bits per heavy atom. The van der Waals surface area contributed by atoms with Crippen LogP contribution in [0.4, 0.5) is 21.9 Å². The lowest BCUT2D eigenvalue weighted by Crippen LogP contribution is -2.45. The van der Waals surface area contributed by atoms with Crippen molar-refractivity contribution in [2.75, 3.05) is 48.5 Å². The van der Waals surface area contributed by atoms with Gasteiger partial charge in [-0.15, -0.1) is 0 Å². The van der Waals surface area contributed by atoms with Gasteiger partial charge in [0.05, 0.1) is 37.4 Å². The topological polar surface area (TPSA) is 91.3 Å². The lowest BCUT2D eigenvalue weighted by atomic mass is 10.0. The number of anilines is 3. The van der Waals surface area contributed by atoms with E-state index in [1.165, 1.54) is 18.1 Å². The fourth-order valence-corrected chi connectivity index (χ4v) is 3.00. The van der Waals surface area contributed by atoms with Crippen LogP contribution in [0.2, 0.25) is 0 Å². The van der Waals surface area contributed by atoms with Crippen LogP contribution >= 0.6 is 0 Å². The molecule has 148 valence electrons. The summed E-state index contributed by atoms with van der Waals surface area (Å²) in [7, 11) is 1.49. The minimum Gasteiger partial charge on any atom is -0.494 e. The molecule has 1 aliphatic rings. The van der Waals surface area contributed by atoms with Crippen molar-refractivity contribution in [3.8, 4) is 5.75 Å². The second-order valence-electron chi connectivity index (χ2n) is 7.12. The molecule has 1 saturated heterocycles. The van der Waals surface area contributed by atoms with Gasteiger partial charge in [0, 0.05) is 24.7 Å². The summed E-state index contributed by atoms with van der Waals surface area (Å²) in [5.41, 5.74) is 0.884. The molecule has 0 aliphatic carbocycles. The summed E-state index contributed by atoms with van der Waals surface area (Å²) in [4.78, 5) is 27.2. The molecule has 0 bridgehead atoms. The van der Waals surface area contributed by atoms with Gasteiger partial charge in [0.15, 0.2) is 0 Å². The van der Waals surface area contributed by atoms with Crippen LogP contribution in [-0.2, 0) is 9.53 Å². The SMILES string of the molecule is C=CC(=O)Nc1cc(N(C(=O)O)C(C)(C)C)c(OC)cc1N1CCOCC1. The molecule has 0 spiro atoms. The Morgan fingerprint density at radius 1 is 1.33 bits per heavy atom. The molecule has 0 saturated carbocycles. The monoisotopic (exact) mass is 377 g/mol. The van der Waals surface area contributed by atoms with Gasteiger partial charge < -0.3 is 24.8 Å². The Labute approximate surface area is 159 Å². The average molecular weight is 377 g/mol. The average Bonchev–Trinajstić information content (AvgIpc) is 2.61. The molecule has 1 aromatic carbocycles. The summed E-state index contributed by atoms with van der Waals surface area (Å²) in [5.74, 6) is 0.0312. The number of rotatable bonds is 5. The van der Waals surface area contributed by atoms with Crippen LogP contribution in [0.3, 0.4) is 0 Å². The minimum absolute atomic E-state index is 0.355. The summed E-state index contributed by atoms with van der Waals surface area (Å²) < 4.78 is 10.9. The maximum atomic E-state index is 11.9. The van der Waals surface area contributed by atoms with Crippen LogP contribution < -0.4 is 19.9 Å². The van der Waals surface area contributed by atoms with Gasteiger partial charge in [-0.3, -0.25) is 9.69 Å². The predicted molar refractivity (Wildman–Crippen MR) is 105 cm³/mol. The number of nitrogens with zero attached hydrogens (tertiary/aromatic N) is 2. The molecule has 2 N–H and O–H groups in total. The summed E-state index contributed by atoms with van der Waals surface area (Å²) in [6, 6.07) is 3.38. The third-order valence-electron chi connectivity index (χ3n) is 4.20. The number of benzene rings is 1. The van der Waals surface area contributed by atoms with Crippen molar-refractivity contribution in [2.45, 2.75) is 26.3 Å². The van der Waals surface area contributed by atoms with Crippen LogP contribution in [0.1, 0.15) is 20.8 Å². The number of nitrogens with one attached hydrogen (secondary N) is 1. The van der Waals surface area contributed by atoms with Crippen LogP contribution in [0, 0.1) is 0 Å². The van der Waals surface area contributed by atoms with Crippen molar-refractivity contribution >= 4 is 29.1 Å². The Balaban J connectivity index is 2.63. The van der Waals surface area contributed by atoms with E-state index in [9.17, 15) is 14.7 Å². The molecule has 8 heteroatoms. The molecular formula is C19H27N3O5. The quantitative estimate of drug-likeness (QED) is 0.767. The molecule has 8 nitrogen and oxygen atoms in total. The normalized spacial score (nSPS) is 14.4. The fraction of sp³-hybridized carbons (Fsp3) is 0.474. The van der Waals surface area contributed by atoms with Crippen molar-refractivity contribution in [1.82, 2.24) is 0 Å². The lowest BCUT2D eigenvalue weighted by molar-refractivity contribution is -0.111. The van der Waals surface area contributed by atoms with Crippen molar-refractivity contribution in [3.63, 3.8) is 0 Å². The summed E-state index contributed by atoms with van der Waals surface area (Å²) >= 11 is 0. The maximum Gasteiger partial charge on any atom is 0.412 e. The van der Waals surface area contributed by atoms with Crippen LogP contribution in [-0.4, -0.2) is 56.1 Å². The van der Waals surface area contributed by atoms with Crippen molar-refractivity contribution < 1.29 is 24.2 Å². The van der Waals surface area contributed by atoms with Gasteiger partial charge in [-0.2, -0.15) is 0 Å². The largest absolute Gasteiger partial charge is 0.494 e. The second kappa shape index (κ2) is 8.30. The third kappa shape index (κ3) is 4.71. The Morgan fingerprint density at radius 3 is 2.44 bits per heavy atom. The second-order valence-corrected chi connectivity index (χ2v) is 7.12. The molecule has 2 amide bonds. The number of ether oxygens (including phenoxy) is 2. The van der Waals surface area contributed by atoms with E-state index in [4.69, 9.17) is 9.47 Å². The minimum atomic E-state index is -1.11. The van der Waals surface area contributed by atoms with E-state index >= 15 is 0 Å². The first kappa shape index (κ1) is 20.6. The Bertz CT molecular complexity index is 721. The Kier molecular flexibility index (Phi) is 6.32. The zero-order valence-corrected chi connectivity index (χ0v) is 16.2. The maximum absolute atomic E-state index is 11.9. The highest BCUT2D eigenvalue weighted by molar-refractivity contribution is 6.03. The lowest BCUT2D eigenvalue weighted by Gasteiger charge is -2.36. The van der Waals surface area contributed by atoms with Gasteiger partial charge in [0.25, 0.3) is 0 Å². The third-order valence-corrected chi connectivity index (χ3v) is 4.20. The standard InChI is InChI=1S/C19H27N3O5/c1-6-17(23)20-13-11-15(22(18(24)25)19(2,3)4)16(26-5)12-14(13)21-7-9-27-10-8-21/h6,11-12H,1,7-10H2,2-5H3,(H,20,23)(H,24,25).